The summed E-state index contributed by atoms with van der Waals surface area (Å²) in [6.07, 6.45) is 5.11. The SMILES string of the molecule is Nc1cc(=O)[nH]c(=O)n1CC(C1CC1)C1CC1. The Kier molecular flexibility index (Phi) is 2.34. The highest BCUT2D eigenvalue weighted by Gasteiger charge is 2.41. The van der Waals surface area contributed by atoms with Crippen molar-refractivity contribution in [1.82, 2.24) is 9.55 Å². The molecule has 2 aliphatic carbocycles. The Balaban J connectivity index is 1.88. The predicted molar refractivity (Wildman–Crippen MR) is 64.7 cm³/mol. The lowest BCUT2D eigenvalue weighted by Gasteiger charge is -2.17. The van der Waals surface area contributed by atoms with Crippen LogP contribution < -0.4 is 17.0 Å². The molecule has 0 amide bonds. The topological polar surface area (TPSA) is 80.9 Å². The van der Waals surface area contributed by atoms with Gasteiger partial charge in [0.25, 0.3) is 5.56 Å². The van der Waals surface area contributed by atoms with Gasteiger partial charge in [0, 0.05) is 12.6 Å². The van der Waals surface area contributed by atoms with E-state index in [4.69, 9.17) is 5.73 Å². The molecule has 2 aliphatic rings. The average molecular weight is 235 g/mol. The summed E-state index contributed by atoms with van der Waals surface area (Å²) in [6.45, 7) is 0.663. The Labute approximate surface area is 98.7 Å². The molecule has 3 rings (SSSR count). The molecule has 0 aromatic carbocycles. The van der Waals surface area contributed by atoms with E-state index in [9.17, 15) is 9.59 Å². The molecule has 17 heavy (non-hydrogen) atoms. The second-order valence-electron chi connectivity index (χ2n) is 5.31. The number of rotatable bonds is 4. The van der Waals surface area contributed by atoms with Gasteiger partial charge < -0.3 is 5.73 Å². The standard InChI is InChI=1S/C12H17N3O2/c13-10-5-11(16)14-12(17)15(10)6-9(7-1-2-7)8-3-4-8/h5,7-9H,1-4,6,13H2,(H,14,16,17). The number of aromatic amines is 1. The van der Waals surface area contributed by atoms with E-state index in [2.05, 4.69) is 4.98 Å². The Bertz CT molecular complexity index is 525. The maximum atomic E-state index is 11.7. The van der Waals surface area contributed by atoms with Gasteiger partial charge in [-0.3, -0.25) is 14.3 Å². The fourth-order valence-electron chi connectivity index (χ4n) is 2.67. The highest BCUT2D eigenvalue weighted by molar-refractivity contribution is 5.26. The first-order valence-electron chi connectivity index (χ1n) is 6.25. The summed E-state index contributed by atoms with van der Waals surface area (Å²) in [5.74, 6) is 2.38. The number of nitrogen functional groups attached to an aromatic ring is 1. The van der Waals surface area contributed by atoms with Gasteiger partial charge in [0.05, 0.1) is 0 Å². The van der Waals surface area contributed by atoms with Crippen molar-refractivity contribution in [3.05, 3.63) is 26.9 Å². The van der Waals surface area contributed by atoms with Crippen LogP contribution in [0.15, 0.2) is 15.7 Å². The summed E-state index contributed by atoms with van der Waals surface area (Å²) in [7, 11) is 0. The minimum Gasteiger partial charge on any atom is -0.385 e. The molecular weight excluding hydrogens is 218 g/mol. The van der Waals surface area contributed by atoms with Gasteiger partial charge in [0.1, 0.15) is 5.82 Å². The van der Waals surface area contributed by atoms with Crippen molar-refractivity contribution in [2.24, 2.45) is 17.8 Å². The molecule has 5 heteroatoms. The molecule has 3 N–H and O–H groups in total. The van der Waals surface area contributed by atoms with Crippen LogP contribution in [0.5, 0.6) is 0 Å². The quantitative estimate of drug-likeness (QED) is 0.800. The van der Waals surface area contributed by atoms with Gasteiger partial charge in [-0.15, -0.1) is 0 Å². The van der Waals surface area contributed by atoms with Crippen LogP contribution in [0.25, 0.3) is 0 Å². The highest BCUT2D eigenvalue weighted by atomic mass is 16.2. The smallest absolute Gasteiger partial charge is 0.329 e. The van der Waals surface area contributed by atoms with Crippen LogP contribution >= 0.6 is 0 Å². The lowest BCUT2D eigenvalue weighted by atomic mass is 9.98. The molecule has 1 aromatic heterocycles. The maximum Gasteiger partial charge on any atom is 0.329 e. The zero-order valence-electron chi connectivity index (χ0n) is 9.69. The third kappa shape index (κ3) is 2.14. The number of H-pyrrole nitrogens is 1. The summed E-state index contributed by atoms with van der Waals surface area (Å²) in [5, 5.41) is 0. The van der Waals surface area contributed by atoms with E-state index in [1.807, 2.05) is 0 Å². The molecule has 0 saturated heterocycles. The van der Waals surface area contributed by atoms with E-state index in [0.717, 1.165) is 11.8 Å². The number of hydrogen-bond acceptors (Lipinski definition) is 3. The zero-order valence-corrected chi connectivity index (χ0v) is 9.69. The lowest BCUT2D eigenvalue weighted by Crippen LogP contribution is -2.34. The van der Waals surface area contributed by atoms with Gasteiger partial charge in [-0.2, -0.15) is 0 Å². The van der Waals surface area contributed by atoms with Crippen LogP contribution in [0.3, 0.4) is 0 Å². The number of anilines is 1. The Morgan fingerprint density at radius 2 is 1.88 bits per heavy atom. The molecule has 0 unspecified atom stereocenters. The number of aromatic nitrogens is 2. The summed E-state index contributed by atoms with van der Waals surface area (Å²) in [6, 6.07) is 1.29. The Morgan fingerprint density at radius 3 is 2.35 bits per heavy atom. The van der Waals surface area contributed by atoms with Crippen LogP contribution in [0.1, 0.15) is 25.7 Å². The number of nitrogens with one attached hydrogen (secondary N) is 1. The van der Waals surface area contributed by atoms with Crippen LogP contribution in [0, 0.1) is 17.8 Å². The predicted octanol–water partition coefficient (Wildman–Crippen LogP) is 0.555. The minimum absolute atomic E-state index is 0.282. The monoisotopic (exact) mass is 235 g/mol. The second kappa shape index (κ2) is 3.75. The molecule has 0 radical (unpaired) electrons. The van der Waals surface area contributed by atoms with E-state index >= 15 is 0 Å². The number of nitrogens with zero attached hydrogens (tertiary/aromatic N) is 1. The highest BCUT2D eigenvalue weighted by Crippen LogP contribution is 2.49. The fraction of sp³-hybridized carbons (Fsp3) is 0.667. The molecule has 2 saturated carbocycles. The van der Waals surface area contributed by atoms with Crippen molar-refractivity contribution in [1.29, 1.82) is 0 Å². The lowest BCUT2D eigenvalue weighted by molar-refractivity contribution is 0.344. The molecule has 5 nitrogen and oxygen atoms in total. The molecule has 1 heterocycles. The van der Waals surface area contributed by atoms with Crippen molar-refractivity contribution >= 4 is 5.82 Å². The van der Waals surface area contributed by atoms with Crippen molar-refractivity contribution in [3.63, 3.8) is 0 Å². The first-order valence-corrected chi connectivity index (χ1v) is 6.25. The van der Waals surface area contributed by atoms with Crippen LogP contribution in [-0.4, -0.2) is 9.55 Å². The van der Waals surface area contributed by atoms with Crippen LogP contribution in [0.4, 0.5) is 5.82 Å². The van der Waals surface area contributed by atoms with Crippen molar-refractivity contribution in [2.75, 3.05) is 5.73 Å². The molecule has 1 aromatic rings. The first kappa shape index (κ1) is 10.6. The van der Waals surface area contributed by atoms with Gasteiger partial charge in [-0.25, -0.2) is 4.79 Å². The third-order valence-corrected chi connectivity index (χ3v) is 3.91. The summed E-state index contributed by atoms with van der Waals surface area (Å²) < 4.78 is 1.52. The molecule has 0 aliphatic heterocycles. The fourth-order valence-corrected chi connectivity index (χ4v) is 2.67. The van der Waals surface area contributed by atoms with E-state index in [-0.39, 0.29) is 11.5 Å². The molecule has 0 atom stereocenters. The largest absolute Gasteiger partial charge is 0.385 e. The first-order chi connectivity index (χ1) is 8.15. The average Bonchev–Trinajstić information content (AvgIpc) is 3.12. The minimum atomic E-state index is -0.418. The summed E-state index contributed by atoms with van der Waals surface area (Å²) in [5.41, 5.74) is 4.96. The van der Waals surface area contributed by atoms with Crippen molar-refractivity contribution < 1.29 is 0 Å². The van der Waals surface area contributed by atoms with Gasteiger partial charge >= 0.3 is 5.69 Å². The van der Waals surface area contributed by atoms with Crippen LogP contribution in [-0.2, 0) is 6.54 Å². The normalized spacial score (nSPS) is 19.8. The molecule has 2 fully saturated rings. The van der Waals surface area contributed by atoms with Gasteiger partial charge in [0.2, 0.25) is 0 Å². The number of hydrogen-bond donors (Lipinski definition) is 2. The van der Waals surface area contributed by atoms with Crippen molar-refractivity contribution in [3.8, 4) is 0 Å². The summed E-state index contributed by atoms with van der Waals surface area (Å²) >= 11 is 0. The summed E-state index contributed by atoms with van der Waals surface area (Å²) in [4.78, 5) is 25.1. The van der Waals surface area contributed by atoms with Gasteiger partial charge in [-0.05, 0) is 43.4 Å². The van der Waals surface area contributed by atoms with E-state index in [1.165, 1.54) is 36.3 Å². The Hall–Kier alpha value is -1.52. The second-order valence-corrected chi connectivity index (χ2v) is 5.31. The molecule has 0 bridgehead atoms. The number of nitrogens with two attached hydrogens (primary N) is 1. The van der Waals surface area contributed by atoms with E-state index in [0.29, 0.717) is 12.5 Å². The van der Waals surface area contributed by atoms with Crippen LogP contribution in [0.2, 0.25) is 0 Å². The van der Waals surface area contributed by atoms with Gasteiger partial charge in [0.15, 0.2) is 0 Å². The van der Waals surface area contributed by atoms with E-state index < -0.39 is 5.56 Å². The third-order valence-electron chi connectivity index (χ3n) is 3.91. The molecule has 0 spiro atoms. The van der Waals surface area contributed by atoms with Crippen molar-refractivity contribution in [2.45, 2.75) is 32.2 Å². The van der Waals surface area contributed by atoms with Gasteiger partial charge in [-0.1, -0.05) is 0 Å². The molecular formula is C12H17N3O2. The maximum absolute atomic E-state index is 11.7. The van der Waals surface area contributed by atoms with E-state index in [1.54, 1.807) is 0 Å². The zero-order chi connectivity index (χ0) is 12.0. The Morgan fingerprint density at radius 1 is 1.29 bits per heavy atom. The molecule has 92 valence electrons.